The first-order valence-corrected chi connectivity index (χ1v) is 7.27. The minimum atomic E-state index is -1.09. The van der Waals surface area contributed by atoms with Gasteiger partial charge in [-0.05, 0) is 12.3 Å². The number of hydrogen-bond donors (Lipinski definition) is 1. The van der Waals surface area contributed by atoms with Crippen LogP contribution < -0.4 is 0 Å². The van der Waals surface area contributed by atoms with Crippen LogP contribution in [0.4, 0.5) is 4.79 Å². The molecule has 0 saturated carbocycles. The van der Waals surface area contributed by atoms with Crippen LogP contribution in [-0.4, -0.2) is 68.1 Å². The Balaban J connectivity index is 1.53. The summed E-state index contributed by atoms with van der Waals surface area (Å²) >= 11 is 0. The predicted molar refractivity (Wildman–Crippen MR) is 73.0 cm³/mol. The van der Waals surface area contributed by atoms with E-state index in [9.17, 15) is 9.59 Å². The van der Waals surface area contributed by atoms with Crippen LogP contribution in [0.25, 0.3) is 0 Å². The van der Waals surface area contributed by atoms with E-state index in [0.717, 1.165) is 25.9 Å². The Labute approximate surface area is 122 Å². The van der Waals surface area contributed by atoms with Gasteiger partial charge in [0.15, 0.2) is 5.69 Å². The van der Waals surface area contributed by atoms with Crippen LogP contribution in [0.5, 0.6) is 0 Å². The van der Waals surface area contributed by atoms with Crippen LogP contribution in [0.3, 0.4) is 0 Å². The topological polar surface area (TPSA) is 91.6 Å². The Bertz CT molecular complexity index is 552. The van der Waals surface area contributed by atoms with Gasteiger partial charge in [-0.1, -0.05) is 18.6 Å². The van der Waals surface area contributed by atoms with Crippen LogP contribution in [0, 0.1) is 5.92 Å². The summed E-state index contributed by atoms with van der Waals surface area (Å²) in [6.07, 6.45) is 3.62. The highest BCUT2D eigenvalue weighted by Gasteiger charge is 2.37. The maximum Gasteiger partial charge on any atom is 0.358 e. The van der Waals surface area contributed by atoms with Gasteiger partial charge in [0, 0.05) is 26.2 Å². The average Bonchev–Trinajstić information content (AvgIpc) is 3.05. The Morgan fingerprint density at radius 1 is 1.33 bits per heavy atom. The molecule has 0 aromatic carbocycles. The molecule has 0 radical (unpaired) electrons. The number of carbonyl (C=O) groups is 2. The SMILES string of the molecule is CCC1CCN(C(=O)N2CC(n3cc(C(=O)O)nn3)C2)C1. The van der Waals surface area contributed by atoms with Crippen LogP contribution >= 0.6 is 0 Å². The highest BCUT2D eigenvalue weighted by atomic mass is 16.4. The third kappa shape index (κ3) is 2.57. The van der Waals surface area contributed by atoms with E-state index in [2.05, 4.69) is 17.2 Å². The van der Waals surface area contributed by atoms with E-state index in [1.807, 2.05) is 4.90 Å². The molecule has 0 spiro atoms. The molecule has 0 aliphatic carbocycles. The van der Waals surface area contributed by atoms with Gasteiger partial charge in [-0.2, -0.15) is 0 Å². The van der Waals surface area contributed by atoms with Gasteiger partial charge in [-0.3, -0.25) is 0 Å². The number of urea groups is 1. The average molecular weight is 293 g/mol. The molecule has 8 nitrogen and oxygen atoms in total. The van der Waals surface area contributed by atoms with Gasteiger partial charge >= 0.3 is 12.0 Å². The first-order chi connectivity index (χ1) is 10.1. The van der Waals surface area contributed by atoms with Crippen molar-refractivity contribution in [2.75, 3.05) is 26.2 Å². The Morgan fingerprint density at radius 2 is 2.10 bits per heavy atom. The van der Waals surface area contributed by atoms with Gasteiger partial charge < -0.3 is 14.9 Å². The number of nitrogens with zero attached hydrogens (tertiary/aromatic N) is 5. The van der Waals surface area contributed by atoms with Crippen molar-refractivity contribution in [1.29, 1.82) is 0 Å². The van der Waals surface area contributed by atoms with Crippen molar-refractivity contribution < 1.29 is 14.7 Å². The molecular weight excluding hydrogens is 274 g/mol. The van der Waals surface area contributed by atoms with E-state index in [1.165, 1.54) is 10.9 Å². The van der Waals surface area contributed by atoms with Gasteiger partial charge in [-0.25, -0.2) is 14.3 Å². The molecule has 2 aliphatic heterocycles. The molecule has 2 amide bonds. The van der Waals surface area contributed by atoms with E-state index >= 15 is 0 Å². The minimum absolute atomic E-state index is 0.0270. The molecule has 0 bridgehead atoms. The molecule has 21 heavy (non-hydrogen) atoms. The predicted octanol–water partition coefficient (Wildman–Crippen LogP) is 0.685. The van der Waals surface area contributed by atoms with Crippen molar-refractivity contribution in [3.63, 3.8) is 0 Å². The van der Waals surface area contributed by atoms with E-state index < -0.39 is 5.97 Å². The first-order valence-electron chi connectivity index (χ1n) is 7.27. The molecule has 8 heteroatoms. The molecule has 1 unspecified atom stereocenters. The molecule has 1 N–H and O–H groups in total. The van der Waals surface area contributed by atoms with Crippen LogP contribution in [-0.2, 0) is 0 Å². The summed E-state index contributed by atoms with van der Waals surface area (Å²) in [6.45, 7) is 4.97. The van der Waals surface area contributed by atoms with Gasteiger partial charge in [0.25, 0.3) is 0 Å². The Morgan fingerprint density at radius 3 is 2.67 bits per heavy atom. The van der Waals surface area contributed by atoms with Crippen LogP contribution in [0.1, 0.15) is 36.3 Å². The largest absolute Gasteiger partial charge is 0.476 e. The summed E-state index contributed by atoms with van der Waals surface area (Å²) in [5.74, 6) is -0.462. The third-order valence-corrected chi connectivity index (χ3v) is 4.37. The second kappa shape index (κ2) is 5.34. The quantitative estimate of drug-likeness (QED) is 0.885. The second-order valence-electron chi connectivity index (χ2n) is 5.74. The van der Waals surface area contributed by atoms with Crippen LogP contribution in [0.2, 0.25) is 0 Å². The van der Waals surface area contributed by atoms with Gasteiger partial charge in [0.05, 0.1) is 12.2 Å². The van der Waals surface area contributed by atoms with Gasteiger partial charge in [0.1, 0.15) is 0 Å². The highest BCUT2D eigenvalue weighted by Crippen LogP contribution is 2.25. The summed E-state index contributed by atoms with van der Waals surface area (Å²) in [6, 6.07) is 0.111. The number of rotatable bonds is 3. The Kier molecular flexibility index (Phi) is 3.52. The van der Waals surface area contributed by atoms with Crippen molar-refractivity contribution in [2.24, 2.45) is 5.92 Å². The molecule has 114 valence electrons. The second-order valence-corrected chi connectivity index (χ2v) is 5.74. The number of carboxylic acid groups (broad SMARTS) is 1. The summed E-state index contributed by atoms with van der Waals surface area (Å²) in [5, 5.41) is 16.2. The van der Waals surface area contributed by atoms with E-state index in [-0.39, 0.29) is 17.8 Å². The molecule has 1 atom stereocenters. The van der Waals surface area contributed by atoms with Crippen molar-refractivity contribution in [1.82, 2.24) is 24.8 Å². The number of aromatic nitrogens is 3. The zero-order valence-electron chi connectivity index (χ0n) is 12.0. The minimum Gasteiger partial charge on any atom is -0.476 e. The molecule has 1 aromatic rings. The molecule has 1 aromatic heterocycles. The standard InChI is InChI=1S/C13H19N5O3/c1-2-9-3-4-16(5-9)13(21)17-6-10(7-17)18-8-11(12(19)20)14-15-18/h8-10H,2-7H2,1H3,(H,19,20). The number of carbonyl (C=O) groups excluding carboxylic acids is 1. The lowest BCUT2D eigenvalue weighted by Gasteiger charge is -2.40. The molecule has 2 aliphatic rings. The molecule has 3 rings (SSSR count). The third-order valence-electron chi connectivity index (χ3n) is 4.37. The van der Waals surface area contributed by atoms with Gasteiger partial charge in [0.2, 0.25) is 0 Å². The molecule has 3 heterocycles. The van der Waals surface area contributed by atoms with E-state index in [1.54, 1.807) is 4.90 Å². The number of hydrogen-bond acceptors (Lipinski definition) is 4. The lowest BCUT2D eigenvalue weighted by atomic mass is 10.1. The lowest BCUT2D eigenvalue weighted by molar-refractivity contribution is 0.0689. The maximum atomic E-state index is 12.3. The number of likely N-dealkylation sites (tertiary alicyclic amines) is 2. The van der Waals surface area contributed by atoms with Gasteiger partial charge in [-0.15, -0.1) is 5.10 Å². The molecular formula is C13H19N5O3. The smallest absolute Gasteiger partial charge is 0.358 e. The van der Waals surface area contributed by atoms with Crippen molar-refractivity contribution in [2.45, 2.75) is 25.8 Å². The highest BCUT2D eigenvalue weighted by molar-refractivity contribution is 5.84. The number of aromatic carboxylic acids is 1. The number of carboxylic acids is 1. The number of amides is 2. The maximum absolute atomic E-state index is 12.3. The molecule has 2 saturated heterocycles. The van der Waals surface area contributed by atoms with Crippen molar-refractivity contribution in [3.05, 3.63) is 11.9 Å². The van der Waals surface area contributed by atoms with Crippen LogP contribution in [0.15, 0.2) is 6.20 Å². The fourth-order valence-corrected chi connectivity index (χ4v) is 2.87. The first kappa shape index (κ1) is 13.8. The zero-order chi connectivity index (χ0) is 15.0. The zero-order valence-corrected chi connectivity index (χ0v) is 12.0. The Hall–Kier alpha value is -2.12. The van der Waals surface area contributed by atoms with E-state index in [0.29, 0.717) is 19.0 Å². The monoisotopic (exact) mass is 293 g/mol. The lowest BCUT2D eigenvalue weighted by Crippen LogP contribution is -2.55. The molecule has 2 fully saturated rings. The normalized spacial score (nSPS) is 22.4. The van der Waals surface area contributed by atoms with Crippen molar-refractivity contribution >= 4 is 12.0 Å². The fraction of sp³-hybridized carbons (Fsp3) is 0.692. The van der Waals surface area contributed by atoms with Crippen molar-refractivity contribution in [3.8, 4) is 0 Å². The summed E-state index contributed by atoms with van der Waals surface area (Å²) in [7, 11) is 0. The summed E-state index contributed by atoms with van der Waals surface area (Å²) < 4.78 is 1.53. The van der Waals surface area contributed by atoms with E-state index in [4.69, 9.17) is 5.11 Å². The summed E-state index contributed by atoms with van der Waals surface area (Å²) in [5.41, 5.74) is -0.0647. The summed E-state index contributed by atoms with van der Waals surface area (Å²) in [4.78, 5) is 26.7. The fourth-order valence-electron chi connectivity index (χ4n) is 2.87.